The molecule has 0 fully saturated rings. The van der Waals surface area contributed by atoms with E-state index in [4.69, 9.17) is 0 Å². The number of carbonyl (C=O) groups is 1. The first-order valence-electron chi connectivity index (χ1n) is 6.95. The first-order chi connectivity index (χ1) is 10.1. The molecule has 0 amide bonds. The van der Waals surface area contributed by atoms with Crippen LogP contribution in [-0.4, -0.2) is 15.6 Å². The van der Waals surface area contributed by atoms with Gasteiger partial charge in [-0.1, -0.05) is 42.5 Å². The predicted octanol–water partition coefficient (Wildman–Crippen LogP) is 4.00. The van der Waals surface area contributed by atoms with Crippen molar-refractivity contribution in [2.24, 2.45) is 0 Å². The highest BCUT2D eigenvalue weighted by atomic mass is 16.4. The number of carboxylic acids is 1. The molecular weight excluding hydrogens is 262 g/mol. The zero-order valence-electron chi connectivity index (χ0n) is 12.1. The Bertz CT molecular complexity index is 830. The quantitative estimate of drug-likeness (QED) is 0.787. The predicted molar refractivity (Wildman–Crippen MR) is 83.9 cm³/mol. The summed E-state index contributed by atoms with van der Waals surface area (Å²) >= 11 is 0. The number of benzene rings is 2. The minimum Gasteiger partial charge on any atom is -0.477 e. The summed E-state index contributed by atoms with van der Waals surface area (Å²) in [5, 5.41) is 10.6. The van der Waals surface area contributed by atoms with E-state index in [-0.39, 0.29) is 0 Å². The number of hydrogen-bond acceptors (Lipinski definition) is 1. The number of aryl methyl sites for hydroxylation is 2. The highest BCUT2D eigenvalue weighted by Crippen LogP contribution is 2.27. The number of aromatic carboxylic acids is 1. The van der Waals surface area contributed by atoms with E-state index in [0.29, 0.717) is 12.2 Å². The van der Waals surface area contributed by atoms with Crippen LogP contribution in [0.5, 0.6) is 0 Å². The van der Waals surface area contributed by atoms with E-state index in [2.05, 4.69) is 0 Å². The first kappa shape index (κ1) is 13.4. The Morgan fingerprint density at radius 3 is 2.43 bits per heavy atom. The summed E-state index contributed by atoms with van der Waals surface area (Å²) in [5.41, 5.74) is 4.48. The Morgan fingerprint density at radius 1 is 1.05 bits per heavy atom. The van der Waals surface area contributed by atoms with Gasteiger partial charge in [-0.15, -0.1) is 0 Å². The number of carboxylic acid groups (broad SMARTS) is 1. The Hall–Kier alpha value is -2.55. The van der Waals surface area contributed by atoms with Crippen molar-refractivity contribution in [1.82, 2.24) is 4.57 Å². The molecule has 3 aromatic rings. The number of aromatic nitrogens is 1. The van der Waals surface area contributed by atoms with Gasteiger partial charge in [-0.3, -0.25) is 0 Å². The van der Waals surface area contributed by atoms with Crippen molar-refractivity contribution in [1.29, 1.82) is 0 Å². The van der Waals surface area contributed by atoms with Crippen LogP contribution < -0.4 is 0 Å². The van der Waals surface area contributed by atoms with Gasteiger partial charge in [0.25, 0.3) is 0 Å². The standard InChI is InChI=1S/C18H17NO2/c1-12-7-3-4-8-14(12)11-19-16-10-6-5-9-15(16)13(2)17(19)18(20)21/h3-10H,11H2,1-2H3,(H,20,21). The maximum absolute atomic E-state index is 11.7. The SMILES string of the molecule is Cc1ccccc1Cn1c(C(=O)O)c(C)c2ccccc21. The minimum atomic E-state index is -0.878. The van der Waals surface area contributed by atoms with Crippen LogP contribution >= 0.6 is 0 Å². The minimum absolute atomic E-state index is 0.374. The fourth-order valence-corrected chi connectivity index (χ4v) is 2.87. The Kier molecular flexibility index (Phi) is 3.26. The zero-order chi connectivity index (χ0) is 15.0. The van der Waals surface area contributed by atoms with Gasteiger partial charge in [0.1, 0.15) is 5.69 Å². The van der Waals surface area contributed by atoms with E-state index >= 15 is 0 Å². The number of para-hydroxylation sites is 1. The van der Waals surface area contributed by atoms with Gasteiger partial charge in [-0.25, -0.2) is 4.79 Å². The summed E-state index contributed by atoms with van der Waals surface area (Å²) in [6.45, 7) is 4.50. The maximum Gasteiger partial charge on any atom is 0.352 e. The lowest BCUT2D eigenvalue weighted by atomic mass is 10.1. The van der Waals surface area contributed by atoms with Crippen LogP contribution in [0.15, 0.2) is 48.5 Å². The molecule has 0 bridgehead atoms. The van der Waals surface area contributed by atoms with Crippen LogP contribution in [0, 0.1) is 13.8 Å². The third kappa shape index (κ3) is 2.21. The Labute approximate surface area is 123 Å². The summed E-state index contributed by atoms with van der Waals surface area (Å²) < 4.78 is 1.90. The molecule has 2 aromatic carbocycles. The normalized spacial score (nSPS) is 11.0. The molecule has 0 aliphatic carbocycles. The molecule has 0 spiro atoms. The lowest BCUT2D eigenvalue weighted by Gasteiger charge is -2.11. The summed E-state index contributed by atoms with van der Waals surface area (Å²) in [4.78, 5) is 11.7. The van der Waals surface area contributed by atoms with E-state index in [1.165, 1.54) is 5.56 Å². The van der Waals surface area contributed by atoms with Crippen LogP contribution in [0.25, 0.3) is 10.9 Å². The van der Waals surface area contributed by atoms with Gasteiger partial charge in [0.15, 0.2) is 0 Å². The van der Waals surface area contributed by atoms with Crippen LogP contribution in [0.4, 0.5) is 0 Å². The fraction of sp³-hybridized carbons (Fsp3) is 0.167. The molecule has 1 N–H and O–H groups in total. The maximum atomic E-state index is 11.7. The molecule has 0 saturated heterocycles. The molecule has 106 valence electrons. The molecule has 0 radical (unpaired) electrons. The average Bonchev–Trinajstić information content (AvgIpc) is 2.75. The molecule has 0 saturated carbocycles. The summed E-state index contributed by atoms with van der Waals surface area (Å²) in [5.74, 6) is -0.878. The number of hydrogen-bond donors (Lipinski definition) is 1. The molecule has 0 atom stereocenters. The third-order valence-corrected chi connectivity index (χ3v) is 4.02. The van der Waals surface area contributed by atoms with Gasteiger partial charge in [-0.2, -0.15) is 0 Å². The van der Waals surface area contributed by atoms with Crippen molar-refractivity contribution in [3.63, 3.8) is 0 Å². The van der Waals surface area contributed by atoms with Crippen LogP contribution in [-0.2, 0) is 6.54 Å². The molecule has 0 aliphatic rings. The van der Waals surface area contributed by atoms with Crippen molar-refractivity contribution in [2.75, 3.05) is 0 Å². The molecule has 1 heterocycles. The topological polar surface area (TPSA) is 42.2 Å². The molecule has 3 rings (SSSR count). The second-order valence-electron chi connectivity index (χ2n) is 5.31. The molecule has 0 aliphatic heterocycles. The average molecular weight is 279 g/mol. The lowest BCUT2D eigenvalue weighted by molar-refractivity contribution is 0.0685. The van der Waals surface area contributed by atoms with Gasteiger partial charge in [0.2, 0.25) is 0 Å². The van der Waals surface area contributed by atoms with Gasteiger partial charge in [-0.05, 0) is 36.6 Å². The van der Waals surface area contributed by atoms with Crippen LogP contribution in [0.1, 0.15) is 27.2 Å². The largest absolute Gasteiger partial charge is 0.477 e. The van der Waals surface area contributed by atoms with Gasteiger partial charge in [0.05, 0.1) is 0 Å². The Morgan fingerprint density at radius 2 is 1.71 bits per heavy atom. The van der Waals surface area contributed by atoms with Crippen molar-refractivity contribution < 1.29 is 9.90 Å². The van der Waals surface area contributed by atoms with Crippen molar-refractivity contribution in [2.45, 2.75) is 20.4 Å². The molecule has 3 nitrogen and oxygen atoms in total. The second-order valence-corrected chi connectivity index (χ2v) is 5.31. The molecule has 21 heavy (non-hydrogen) atoms. The monoisotopic (exact) mass is 279 g/mol. The highest BCUT2D eigenvalue weighted by Gasteiger charge is 2.19. The highest BCUT2D eigenvalue weighted by molar-refractivity contribution is 5.98. The molecular formula is C18H17NO2. The van der Waals surface area contributed by atoms with Crippen molar-refractivity contribution in [3.05, 3.63) is 70.9 Å². The number of fused-ring (bicyclic) bond motifs is 1. The van der Waals surface area contributed by atoms with Crippen molar-refractivity contribution >= 4 is 16.9 Å². The van der Waals surface area contributed by atoms with E-state index in [0.717, 1.165) is 22.0 Å². The smallest absolute Gasteiger partial charge is 0.352 e. The summed E-state index contributed by atoms with van der Waals surface area (Å²) in [6.07, 6.45) is 0. The Balaban J connectivity index is 2.24. The summed E-state index contributed by atoms with van der Waals surface area (Å²) in [6, 6.07) is 15.9. The van der Waals surface area contributed by atoms with E-state index in [9.17, 15) is 9.90 Å². The summed E-state index contributed by atoms with van der Waals surface area (Å²) in [7, 11) is 0. The van der Waals surface area contributed by atoms with Gasteiger partial charge in [0, 0.05) is 17.4 Å². The van der Waals surface area contributed by atoms with E-state index < -0.39 is 5.97 Å². The fourth-order valence-electron chi connectivity index (χ4n) is 2.87. The molecule has 0 unspecified atom stereocenters. The number of rotatable bonds is 3. The van der Waals surface area contributed by atoms with Crippen LogP contribution in [0.3, 0.4) is 0 Å². The molecule has 1 aromatic heterocycles. The van der Waals surface area contributed by atoms with Crippen molar-refractivity contribution in [3.8, 4) is 0 Å². The van der Waals surface area contributed by atoms with Gasteiger partial charge >= 0.3 is 5.97 Å². The second kappa shape index (κ2) is 5.09. The van der Waals surface area contributed by atoms with E-state index in [1.54, 1.807) is 0 Å². The molecule has 3 heteroatoms. The first-order valence-corrected chi connectivity index (χ1v) is 6.95. The number of nitrogens with zero attached hydrogens (tertiary/aromatic N) is 1. The van der Waals surface area contributed by atoms with Crippen LogP contribution in [0.2, 0.25) is 0 Å². The lowest BCUT2D eigenvalue weighted by Crippen LogP contribution is -2.11. The van der Waals surface area contributed by atoms with Gasteiger partial charge < -0.3 is 9.67 Å². The van der Waals surface area contributed by atoms with E-state index in [1.807, 2.05) is 66.9 Å². The third-order valence-electron chi connectivity index (χ3n) is 4.02. The zero-order valence-corrected chi connectivity index (χ0v) is 12.1.